The molecule has 9 heteroatoms. The lowest BCUT2D eigenvalue weighted by Crippen LogP contribution is -2.11. The van der Waals surface area contributed by atoms with E-state index in [4.69, 9.17) is 5.84 Å². The number of hydrazine groups is 1. The summed E-state index contributed by atoms with van der Waals surface area (Å²) in [5.74, 6) is 1.33. The minimum Gasteiger partial charge on any atom is -0.339 e. The number of nitrogen functional groups attached to an aromatic ring is 1. The van der Waals surface area contributed by atoms with Gasteiger partial charge in [-0.15, -0.1) is 0 Å². The molecule has 0 aliphatic heterocycles. The summed E-state index contributed by atoms with van der Waals surface area (Å²) < 4.78 is 39.4. The highest BCUT2D eigenvalue weighted by Crippen LogP contribution is 2.25. The van der Waals surface area contributed by atoms with E-state index >= 15 is 0 Å². The first-order valence-corrected chi connectivity index (χ1v) is 5.71. The predicted molar refractivity (Wildman–Crippen MR) is 67.1 cm³/mol. The van der Waals surface area contributed by atoms with E-state index in [1.165, 1.54) is 6.20 Å². The standard InChI is InChI=1S/C10H7BrF3N5/c11-5-3-16-10(19-15)18-9(5)17-4-1-6(12)8(14)7(13)2-4/h1-3H,15H2,(H2,16,17,18,19). The van der Waals surface area contributed by atoms with Gasteiger partial charge in [0.15, 0.2) is 17.5 Å². The fraction of sp³-hybridized carbons (Fsp3) is 0. The van der Waals surface area contributed by atoms with Crippen LogP contribution in [0.3, 0.4) is 0 Å². The molecule has 0 spiro atoms. The number of hydrogen-bond acceptors (Lipinski definition) is 5. The van der Waals surface area contributed by atoms with Gasteiger partial charge in [0, 0.05) is 24.0 Å². The monoisotopic (exact) mass is 333 g/mol. The lowest BCUT2D eigenvalue weighted by Gasteiger charge is -2.09. The van der Waals surface area contributed by atoms with Crippen LogP contribution in [0.15, 0.2) is 22.8 Å². The van der Waals surface area contributed by atoms with Crippen molar-refractivity contribution in [1.29, 1.82) is 0 Å². The fourth-order valence-electron chi connectivity index (χ4n) is 1.29. The van der Waals surface area contributed by atoms with Gasteiger partial charge in [-0.05, 0) is 15.9 Å². The molecule has 100 valence electrons. The van der Waals surface area contributed by atoms with Crippen molar-refractivity contribution in [3.8, 4) is 0 Å². The van der Waals surface area contributed by atoms with Crippen molar-refractivity contribution in [2.24, 2.45) is 5.84 Å². The summed E-state index contributed by atoms with van der Waals surface area (Å²) in [5, 5.41) is 2.62. The van der Waals surface area contributed by atoms with Crippen molar-refractivity contribution in [3.05, 3.63) is 40.3 Å². The Balaban J connectivity index is 2.36. The third-order valence-electron chi connectivity index (χ3n) is 2.12. The number of aromatic nitrogens is 2. The van der Waals surface area contributed by atoms with E-state index in [1.807, 2.05) is 0 Å². The number of benzene rings is 1. The van der Waals surface area contributed by atoms with Gasteiger partial charge in [-0.1, -0.05) is 0 Å². The molecule has 0 aliphatic rings. The van der Waals surface area contributed by atoms with Crippen LogP contribution in [0.1, 0.15) is 0 Å². The van der Waals surface area contributed by atoms with Crippen molar-refractivity contribution in [2.45, 2.75) is 0 Å². The quantitative estimate of drug-likeness (QED) is 0.457. The molecule has 2 rings (SSSR count). The van der Waals surface area contributed by atoms with Gasteiger partial charge in [0.05, 0.1) is 4.47 Å². The molecule has 0 saturated heterocycles. The van der Waals surface area contributed by atoms with Crippen LogP contribution in [0.5, 0.6) is 0 Å². The largest absolute Gasteiger partial charge is 0.339 e. The summed E-state index contributed by atoms with van der Waals surface area (Å²) >= 11 is 3.15. The summed E-state index contributed by atoms with van der Waals surface area (Å²) in [5.41, 5.74) is 2.22. The Kier molecular flexibility index (Phi) is 3.86. The van der Waals surface area contributed by atoms with Crippen molar-refractivity contribution >= 4 is 33.4 Å². The van der Waals surface area contributed by atoms with Crippen LogP contribution in [0.25, 0.3) is 0 Å². The third-order valence-corrected chi connectivity index (χ3v) is 2.70. The minimum absolute atomic E-state index is 0.00114. The van der Waals surface area contributed by atoms with Gasteiger partial charge >= 0.3 is 0 Å². The van der Waals surface area contributed by atoms with Crippen LogP contribution in [0.2, 0.25) is 0 Å². The minimum atomic E-state index is -1.53. The number of anilines is 3. The van der Waals surface area contributed by atoms with Crippen LogP contribution in [-0.4, -0.2) is 9.97 Å². The van der Waals surface area contributed by atoms with E-state index < -0.39 is 17.5 Å². The van der Waals surface area contributed by atoms with Crippen molar-refractivity contribution in [1.82, 2.24) is 9.97 Å². The SMILES string of the molecule is NNc1ncc(Br)c(Nc2cc(F)c(F)c(F)c2)n1. The summed E-state index contributed by atoms with van der Waals surface area (Å²) in [6.45, 7) is 0. The highest BCUT2D eigenvalue weighted by molar-refractivity contribution is 9.10. The second kappa shape index (κ2) is 5.41. The molecule has 0 aliphatic carbocycles. The van der Waals surface area contributed by atoms with Crippen LogP contribution in [0, 0.1) is 17.5 Å². The van der Waals surface area contributed by atoms with E-state index in [0.29, 0.717) is 4.47 Å². The molecule has 0 amide bonds. The lowest BCUT2D eigenvalue weighted by molar-refractivity contribution is 0.448. The van der Waals surface area contributed by atoms with Gasteiger partial charge in [0.2, 0.25) is 5.95 Å². The molecule has 5 nitrogen and oxygen atoms in total. The molecular weight excluding hydrogens is 327 g/mol. The maximum absolute atomic E-state index is 13.1. The Morgan fingerprint density at radius 1 is 1.16 bits per heavy atom. The average Bonchev–Trinajstić information content (AvgIpc) is 2.38. The van der Waals surface area contributed by atoms with Crippen molar-refractivity contribution in [3.63, 3.8) is 0 Å². The maximum Gasteiger partial charge on any atom is 0.239 e. The zero-order valence-corrected chi connectivity index (χ0v) is 10.8. The Morgan fingerprint density at radius 2 is 1.79 bits per heavy atom. The first-order chi connectivity index (χ1) is 9.01. The average molecular weight is 334 g/mol. The summed E-state index contributed by atoms with van der Waals surface area (Å²) in [6.07, 6.45) is 1.39. The van der Waals surface area contributed by atoms with Crippen LogP contribution >= 0.6 is 15.9 Å². The zero-order valence-electron chi connectivity index (χ0n) is 9.22. The van der Waals surface area contributed by atoms with Gasteiger partial charge in [-0.3, -0.25) is 5.43 Å². The molecule has 19 heavy (non-hydrogen) atoms. The van der Waals surface area contributed by atoms with Crippen molar-refractivity contribution in [2.75, 3.05) is 10.7 Å². The Hall–Kier alpha value is -1.87. The second-order valence-electron chi connectivity index (χ2n) is 3.41. The van der Waals surface area contributed by atoms with Crippen LogP contribution < -0.4 is 16.6 Å². The first-order valence-electron chi connectivity index (χ1n) is 4.92. The molecule has 4 N–H and O–H groups in total. The lowest BCUT2D eigenvalue weighted by atomic mass is 10.3. The number of hydrogen-bond donors (Lipinski definition) is 3. The smallest absolute Gasteiger partial charge is 0.239 e. The van der Waals surface area contributed by atoms with Gasteiger partial charge in [0.1, 0.15) is 5.82 Å². The molecule has 0 fully saturated rings. The Morgan fingerprint density at radius 3 is 2.37 bits per heavy atom. The van der Waals surface area contributed by atoms with Crippen molar-refractivity contribution < 1.29 is 13.2 Å². The van der Waals surface area contributed by atoms with Crippen LogP contribution in [-0.2, 0) is 0 Å². The number of nitrogens with zero attached hydrogens (tertiary/aromatic N) is 2. The Labute approximate surface area is 114 Å². The molecule has 0 saturated carbocycles. The summed E-state index contributed by atoms with van der Waals surface area (Å²) in [6, 6.07) is 1.62. The maximum atomic E-state index is 13.1. The zero-order chi connectivity index (χ0) is 14.0. The van der Waals surface area contributed by atoms with Gasteiger partial charge in [-0.25, -0.2) is 24.0 Å². The van der Waals surface area contributed by atoms with E-state index in [1.54, 1.807) is 0 Å². The van der Waals surface area contributed by atoms with Gasteiger partial charge in [0.25, 0.3) is 0 Å². The van der Waals surface area contributed by atoms with E-state index in [0.717, 1.165) is 12.1 Å². The van der Waals surface area contributed by atoms with E-state index in [-0.39, 0.29) is 17.5 Å². The first kappa shape index (κ1) is 13.6. The molecular formula is C10H7BrF3N5. The van der Waals surface area contributed by atoms with Gasteiger partial charge in [-0.2, -0.15) is 4.98 Å². The number of halogens is 4. The molecule has 0 atom stereocenters. The van der Waals surface area contributed by atoms with Gasteiger partial charge < -0.3 is 5.32 Å². The number of rotatable bonds is 3. The highest BCUT2D eigenvalue weighted by atomic mass is 79.9. The van der Waals surface area contributed by atoms with E-state index in [9.17, 15) is 13.2 Å². The second-order valence-corrected chi connectivity index (χ2v) is 4.27. The summed E-state index contributed by atoms with van der Waals surface area (Å²) in [4.78, 5) is 7.73. The molecule has 0 radical (unpaired) electrons. The molecule has 0 unspecified atom stereocenters. The molecule has 2 aromatic rings. The molecule has 1 heterocycles. The highest BCUT2D eigenvalue weighted by Gasteiger charge is 2.12. The Bertz CT molecular complexity index is 599. The fourth-order valence-corrected chi connectivity index (χ4v) is 1.58. The topological polar surface area (TPSA) is 75.9 Å². The molecule has 1 aromatic heterocycles. The number of nitrogens with one attached hydrogen (secondary N) is 2. The molecule has 0 bridgehead atoms. The molecule has 1 aromatic carbocycles. The number of nitrogens with two attached hydrogens (primary N) is 1. The third kappa shape index (κ3) is 2.93. The summed E-state index contributed by atoms with van der Waals surface area (Å²) in [7, 11) is 0. The normalized spacial score (nSPS) is 10.4. The predicted octanol–water partition coefficient (Wildman–Crippen LogP) is 2.69. The van der Waals surface area contributed by atoms with Crippen LogP contribution in [0.4, 0.5) is 30.6 Å². The van der Waals surface area contributed by atoms with E-state index in [2.05, 4.69) is 36.6 Å².